The van der Waals surface area contributed by atoms with E-state index in [9.17, 15) is 5.11 Å². The van der Waals surface area contributed by atoms with E-state index in [1.165, 1.54) is 11.5 Å². The summed E-state index contributed by atoms with van der Waals surface area (Å²) in [6.45, 7) is 6.88. The zero-order valence-electron chi connectivity index (χ0n) is 9.53. The minimum atomic E-state index is -0.213. The van der Waals surface area contributed by atoms with Crippen LogP contribution in [0.1, 0.15) is 45.4 Å². The maximum absolute atomic E-state index is 9.36. The predicted octanol–water partition coefficient (Wildman–Crippen LogP) is 2.23. The van der Waals surface area contributed by atoms with Crippen molar-refractivity contribution in [1.29, 1.82) is 0 Å². The minimum Gasteiger partial charge on any atom is -0.393 e. The molecule has 0 spiro atoms. The molecule has 0 amide bonds. The Hall–Kier alpha value is -0.680. The van der Waals surface area contributed by atoms with Crippen molar-refractivity contribution in [3.8, 4) is 0 Å². The van der Waals surface area contributed by atoms with Crippen LogP contribution >= 0.6 is 11.5 Å². The van der Waals surface area contributed by atoms with Crippen molar-refractivity contribution in [2.75, 3.05) is 11.9 Å². The Bertz CT molecular complexity index is 288. The smallest absolute Gasteiger partial charge is 0.202 e. The van der Waals surface area contributed by atoms with Crippen LogP contribution in [0.3, 0.4) is 0 Å². The lowest BCUT2D eigenvalue weighted by Gasteiger charge is -2.06. The van der Waals surface area contributed by atoms with Gasteiger partial charge in [0, 0.05) is 24.0 Å². The summed E-state index contributed by atoms with van der Waals surface area (Å²) in [5.74, 6) is 1.26. The molecule has 0 saturated carbocycles. The fraction of sp³-hybridized carbons (Fsp3) is 0.800. The Morgan fingerprint density at radius 2 is 2.20 bits per heavy atom. The molecule has 0 bridgehead atoms. The maximum atomic E-state index is 9.36. The van der Waals surface area contributed by atoms with Crippen molar-refractivity contribution >= 4 is 16.7 Å². The van der Waals surface area contributed by atoms with Crippen LogP contribution in [0.5, 0.6) is 0 Å². The fourth-order valence-corrected chi connectivity index (χ4v) is 1.82. The monoisotopic (exact) mass is 229 g/mol. The van der Waals surface area contributed by atoms with Crippen molar-refractivity contribution in [2.24, 2.45) is 0 Å². The molecule has 1 rings (SSSR count). The van der Waals surface area contributed by atoms with Crippen LogP contribution < -0.4 is 5.32 Å². The van der Waals surface area contributed by atoms with Gasteiger partial charge in [0.25, 0.3) is 0 Å². The van der Waals surface area contributed by atoms with Crippen LogP contribution in [-0.4, -0.2) is 27.1 Å². The highest BCUT2D eigenvalue weighted by Crippen LogP contribution is 2.17. The molecule has 0 fully saturated rings. The topological polar surface area (TPSA) is 58.0 Å². The summed E-state index contributed by atoms with van der Waals surface area (Å²) in [5.41, 5.74) is 0. The second kappa shape index (κ2) is 6.02. The number of rotatable bonds is 6. The molecule has 4 nitrogen and oxygen atoms in total. The van der Waals surface area contributed by atoms with Crippen molar-refractivity contribution in [1.82, 2.24) is 9.36 Å². The molecule has 1 unspecified atom stereocenters. The Morgan fingerprint density at radius 3 is 2.73 bits per heavy atom. The van der Waals surface area contributed by atoms with E-state index in [1.807, 2.05) is 6.92 Å². The van der Waals surface area contributed by atoms with Crippen molar-refractivity contribution in [3.05, 3.63) is 5.82 Å². The first-order valence-corrected chi connectivity index (χ1v) is 6.16. The van der Waals surface area contributed by atoms with Gasteiger partial charge in [-0.05, 0) is 12.8 Å². The van der Waals surface area contributed by atoms with Crippen LogP contribution in [0.25, 0.3) is 0 Å². The molecule has 1 aromatic rings. The third kappa shape index (κ3) is 4.13. The number of nitrogens with one attached hydrogen (secondary N) is 1. The first-order chi connectivity index (χ1) is 7.13. The van der Waals surface area contributed by atoms with E-state index in [0.29, 0.717) is 5.92 Å². The van der Waals surface area contributed by atoms with E-state index < -0.39 is 0 Å². The molecular weight excluding hydrogens is 210 g/mol. The largest absolute Gasteiger partial charge is 0.393 e. The SMILES string of the molecule is CCC(O)CCNc1nc(C(C)C)ns1. The van der Waals surface area contributed by atoms with E-state index in [2.05, 4.69) is 28.5 Å². The first-order valence-electron chi connectivity index (χ1n) is 5.39. The summed E-state index contributed by atoms with van der Waals surface area (Å²) in [5, 5.41) is 13.4. The van der Waals surface area contributed by atoms with Gasteiger partial charge in [-0.2, -0.15) is 4.37 Å². The number of aromatic nitrogens is 2. The average molecular weight is 229 g/mol. The van der Waals surface area contributed by atoms with E-state index in [4.69, 9.17) is 0 Å². The molecule has 1 atom stereocenters. The molecule has 0 aliphatic rings. The summed E-state index contributed by atoms with van der Waals surface area (Å²) in [4.78, 5) is 4.35. The Kier molecular flexibility index (Phi) is 4.98. The molecule has 15 heavy (non-hydrogen) atoms. The number of hydrogen-bond acceptors (Lipinski definition) is 5. The third-order valence-corrected chi connectivity index (χ3v) is 2.87. The third-order valence-electron chi connectivity index (χ3n) is 2.18. The van der Waals surface area contributed by atoms with Crippen LogP contribution in [0.4, 0.5) is 5.13 Å². The minimum absolute atomic E-state index is 0.213. The van der Waals surface area contributed by atoms with E-state index in [0.717, 1.165) is 30.3 Å². The summed E-state index contributed by atoms with van der Waals surface area (Å²) < 4.78 is 4.24. The fourth-order valence-electron chi connectivity index (χ4n) is 1.09. The normalized spacial score (nSPS) is 13.1. The van der Waals surface area contributed by atoms with Gasteiger partial charge in [-0.3, -0.25) is 0 Å². The quantitative estimate of drug-likeness (QED) is 0.785. The standard InChI is InChI=1S/C10H19N3OS/c1-4-8(14)5-6-11-10-12-9(7(2)3)13-15-10/h7-8,14H,4-6H2,1-3H3,(H,11,12,13). The van der Waals surface area contributed by atoms with Crippen molar-refractivity contribution < 1.29 is 5.11 Å². The highest BCUT2D eigenvalue weighted by Gasteiger charge is 2.07. The number of aliphatic hydroxyl groups is 1. The number of nitrogens with zero attached hydrogens (tertiary/aromatic N) is 2. The number of hydrogen-bond donors (Lipinski definition) is 2. The molecule has 0 saturated heterocycles. The highest BCUT2D eigenvalue weighted by molar-refractivity contribution is 7.09. The van der Waals surface area contributed by atoms with Gasteiger partial charge in [0.05, 0.1) is 6.10 Å². The maximum Gasteiger partial charge on any atom is 0.202 e. The van der Waals surface area contributed by atoms with Crippen LogP contribution in [0.2, 0.25) is 0 Å². The van der Waals surface area contributed by atoms with Gasteiger partial charge < -0.3 is 10.4 Å². The Labute approximate surface area is 94.9 Å². The van der Waals surface area contributed by atoms with E-state index in [-0.39, 0.29) is 6.10 Å². The summed E-state index contributed by atoms with van der Waals surface area (Å²) in [6, 6.07) is 0. The first kappa shape index (κ1) is 12.4. The van der Waals surface area contributed by atoms with E-state index >= 15 is 0 Å². The highest BCUT2D eigenvalue weighted by atomic mass is 32.1. The molecule has 1 heterocycles. The molecule has 0 radical (unpaired) electrons. The Morgan fingerprint density at radius 1 is 1.47 bits per heavy atom. The second-order valence-electron chi connectivity index (χ2n) is 3.89. The number of anilines is 1. The molecule has 86 valence electrons. The van der Waals surface area contributed by atoms with Gasteiger partial charge in [-0.1, -0.05) is 20.8 Å². The second-order valence-corrected chi connectivity index (χ2v) is 4.64. The van der Waals surface area contributed by atoms with Gasteiger partial charge >= 0.3 is 0 Å². The van der Waals surface area contributed by atoms with Crippen LogP contribution in [-0.2, 0) is 0 Å². The molecular formula is C10H19N3OS. The molecule has 0 aliphatic carbocycles. The van der Waals surface area contributed by atoms with Gasteiger partial charge in [0.15, 0.2) is 0 Å². The predicted molar refractivity (Wildman–Crippen MR) is 63.4 cm³/mol. The molecule has 0 aliphatic heterocycles. The zero-order valence-corrected chi connectivity index (χ0v) is 10.3. The van der Waals surface area contributed by atoms with Gasteiger partial charge in [0.1, 0.15) is 5.82 Å². The molecule has 1 aromatic heterocycles. The average Bonchev–Trinajstić information content (AvgIpc) is 2.66. The summed E-state index contributed by atoms with van der Waals surface area (Å²) >= 11 is 1.38. The lowest BCUT2D eigenvalue weighted by Crippen LogP contribution is -2.12. The number of aliphatic hydroxyl groups excluding tert-OH is 1. The van der Waals surface area contributed by atoms with Crippen LogP contribution in [0, 0.1) is 0 Å². The lowest BCUT2D eigenvalue weighted by molar-refractivity contribution is 0.164. The van der Waals surface area contributed by atoms with Gasteiger partial charge in [-0.15, -0.1) is 0 Å². The summed E-state index contributed by atoms with van der Waals surface area (Å²) in [6.07, 6.45) is 1.34. The molecule has 2 N–H and O–H groups in total. The van der Waals surface area contributed by atoms with Gasteiger partial charge in [0.2, 0.25) is 5.13 Å². The van der Waals surface area contributed by atoms with Gasteiger partial charge in [-0.25, -0.2) is 4.98 Å². The summed E-state index contributed by atoms with van der Waals surface area (Å²) in [7, 11) is 0. The van der Waals surface area contributed by atoms with Crippen LogP contribution in [0.15, 0.2) is 0 Å². The molecule has 5 heteroatoms. The zero-order chi connectivity index (χ0) is 11.3. The Balaban J connectivity index is 2.31. The molecule has 0 aromatic carbocycles. The van der Waals surface area contributed by atoms with Crippen molar-refractivity contribution in [2.45, 2.75) is 45.6 Å². The van der Waals surface area contributed by atoms with E-state index in [1.54, 1.807) is 0 Å². The lowest BCUT2D eigenvalue weighted by atomic mass is 10.2. The van der Waals surface area contributed by atoms with Crippen molar-refractivity contribution in [3.63, 3.8) is 0 Å².